The van der Waals surface area contributed by atoms with Crippen LogP contribution in [0.2, 0.25) is 0 Å². The Labute approximate surface area is 259 Å². The van der Waals surface area contributed by atoms with Crippen molar-refractivity contribution in [3.05, 3.63) is 89.2 Å². The smallest absolute Gasteiger partial charge is 0.430 e. The van der Waals surface area contributed by atoms with Gasteiger partial charge in [0, 0.05) is 12.0 Å². The molecule has 1 aliphatic rings. The van der Waals surface area contributed by atoms with E-state index >= 15 is 0 Å². The van der Waals surface area contributed by atoms with Crippen LogP contribution in [0.3, 0.4) is 0 Å². The lowest BCUT2D eigenvalue weighted by Crippen LogP contribution is -2.54. The topological polar surface area (TPSA) is 116 Å². The van der Waals surface area contributed by atoms with E-state index in [2.05, 4.69) is 5.32 Å². The maximum absolute atomic E-state index is 13.9. The second kappa shape index (κ2) is 13.1. The molecule has 0 fully saturated rings. The highest BCUT2D eigenvalue weighted by Crippen LogP contribution is 2.51. The van der Waals surface area contributed by atoms with E-state index in [1.165, 1.54) is 7.11 Å². The highest BCUT2D eigenvalue weighted by molar-refractivity contribution is 7.92. The minimum absolute atomic E-state index is 0.140. The van der Waals surface area contributed by atoms with Crippen molar-refractivity contribution >= 4 is 21.6 Å². The Balaban J connectivity index is 1.71. The largest absolute Gasteiger partial charge is 0.496 e. The number of aliphatic hydroxyl groups is 2. The van der Waals surface area contributed by atoms with Crippen LogP contribution in [0.4, 0.5) is 36.4 Å². The van der Waals surface area contributed by atoms with Crippen LogP contribution in [-0.2, 0) is 33.3 Å². The molecule has 1 amide bonds. The van der Waals surface area contributed by atoms with Crippen LogP contribution in [-0.4, -0.2) is 62.7 Å². The summed E-state index contributed by atoms with van der Waals surface area (Å²) in [6, 6.07) is 9.83. The summed E-state index contributed by atoms with van der Waals surface area (Å²) >= 11 is 0. The van der Waals surface area contributed by atoms with Crippen LogP contribution in [0.15, 0.2) is 71.6 Å². The minimum atomic E-state index is -6.17. The van der Waals surface area contributed by atoms with Crippen molar-refractivity contribution in [2.24, 2.45) is 0 Å². The summed E-state index contributed by atoms with van der Waals surface area (Å²) in [5.74, 6) is -0.984. The molecule has 0 spiro atoms. The Bertz CT molecular complexity index is 1650. The maximum atomic E-state index is 13.9. The molecule has 0 aliphatic carbocycles. The number of nitrogens with one attached hydrogen (secondary N) is 1. The summed E-state index contributed by atoms with van der Waals surface area (Å²) < 4.78 is 129. The van der Waals surface area contributed by atoms with Crippen LogP contribution in [0.25, 0.3) is 0 Å². The average molecular weight is 679 g/mol. The second-order valence-electron chi connectivity index (χ2n) is 10.7. The van der Waals surface area contributed by atoms with Crippen molar-refractivity contribution in [1.29, 1.82) is 0 Å². The van der Waals surface area contributed by atoms with Crippen molar-refractivity contribution in [1.82, 2.24) is 5.32 Å². The van der Waals surface area contributed by atoms with E-state index in [-0.39, 0.29) is 30.5 Å². The molecule has 3 aromatic rings. The van der Waals surface area contributed by atoms with Crippen molar-refractivity contribution in [3.8, 4) is 5.75 Å². The number of amides is 1. The van der Waals surface area contributed by atoms with E-state index in [9.17, 15) is 54.2 Å². The Hall–Kier alpha value is -3.89. The third-order valence-electron chi connectivity index (χ3n) is 7.67. The number of carbonyl (C=O) groups is 1. The number of benzene rings is 3. The molecule has 0 bridgehead atoms. The third-order valence-corrected chi connectivity index (χ3v) is 9.55. The monoisotopic (exact) mass is 678 g/mol. The minimum Gasteiger partial charge on any atom is -0.496 e. The van der Waals surface area contributed by atoms with Crippen molar-refractivity contribution in [3.63, 3.8) is 0 Å². The molecule has 3 N–H and O–H groups in total. The molecule has 0 saturated heterocycles. The third kappa shape index (κ3) is 6.78. The molecule has 8 nitrogen and oxygen atoms in total. The SMILES string of the molecule is COc1ccccc1CC(CO)NC(=O)CC1CCc2cc(C(O)(C(F)(F)F)C(F)(F)F)ccc2N1S(=O)(=O)c1ccc(F)cc1. The van der Waals surface area contributed by atoms with E-state index in [0.29, 0.717) is 33.8 Å². The second-order valence-corrected chi connectivity index (χ2v) is 12.5. The maximum Gasteiger partial charge on any atom is 0.430 e. The molecular formula is C30H29F7N2O6S. The van der Waals surface area contributed by atoms with Gasteiger partial charge in [0.15, 0.2) is 0 Å². The number of anilines is 1. The normalized spacial score (nSPS) is 16.5. The average Bonchev–Trinajstić information content (AvgIpc) is 2.99. The number of halogens is 7. The number of ether oxygens (including phenoxy) is 1. The molecule has 3 aromatic carbocycles. The first-order valence-corrected chi connectivity index (χ1v) is 15.2. The van der Waals surface area contributed by atoms with E-state index in [0.717, 1.165) is 24.3 Å². The standard InChI is InChI=1S/C30H29F7N2O6S/c1-45-26-5-3-2-4-19(26)15-22(17-40)38-27(41)16-23-10-6-18-14-20(28(42,29(32,33)34)30(35,36)37)7-13-25(18)39(23)46(43,44)24-11-8-21(31)9-12-24/h2-5,7-9,11-14,22-23,40,42H,6,10,15-17H2,1H3,(H,38,41). The number of alkyl halides is 6. The number of para-hydroxylation sites is 1. The Morgan fingerprint density at radius 3 is 2.24 bits per heavy atom. The van der Waals surface area contributed by atoms with E-state index in [4.69, 9.17) is 4.74 Å². The van der Waals surface area contributed by atoms with Gasteiger partial charge in [-0.15, -0.1) is 0 Å². The molecular weight excluding hydrogens is 649 g/mol. The van der Waals surface area contributed by atoms with Gasteiger partial charge in [0.1, 0.15) is 11.6 Å². The Morgan fingerprint density at radius 1 is 1.02 bits per heavy atom. The van der Waals surface area contributed by atoms with Crippen LogP contribution >= 0.6 is 0 Å². The van der Waals surface area contributed by atoms with Crippen LogP contribution in [0.1, 0.15) is 29.5 Å². The lowest BCUT2D eigenvalue weighted by Gasteiger charge is -2.39. The summed E-state index contributed by atoms with van der Waals surface area (Å²) in [6.45, 7) is -0.501. The van der Waals surface area contributed by atoms with Gasteiger partial charge in [0.2, 0.25) is 5.91 Å². The van der Waals surface area contributed by atoms with E-state index < -0.39 is 75.3 Å². The fourth-order valence-corrected chi connectivity index (χ4v) is 7.10. The number of fused-ring (bicyclic) bond motifs is 1. The molecule has 250 valence electrons. The number of carbonyl (C=O) groups excluding carboxylic acids is 1. The lowest BCUT2D eigenvalue weighted by atomic mass is 9.87. The van der Waals surface area contributed by atoms with Crippen molar-refractivity contribution < 1.29 is 58.9 Å². The highest BCUT2D eigenvalue weighted by atomic mass is 32.2. The number of hydrogen-bond donors (Lipinski definition) is 3. The number of hydrogen-bond acceptors (Lipinski definition) is 6. The molecule has 2 unspecified atom stereocenters. The van der Waals surface area contributed by atoms with Gasteiger partial charge in [-0.25, -0.2) is 12.8 Å². The molecule has 0 aromatic heterocycles. The van der Waals surface area contributed by atoms with Gasteiger partial charge < -0.3 is 20.3 Å². The van der Waals surface area contributed by atoms with Gasteiger partial charge in [-0.2, -0.15) is 26.3 Å². The fraction of sp³-hybridized carbons (Fsp3) is 0.367. The lowest BCUT2D eigenvalue weighted by molar-refractivity contribution is -0.376. The zero-order valence-corrected chi connectivity index (χ0v) is 24.9. The number of methoxy groups -OCH3 is 1. The number of aryl methyl sites for hydroxylation is 1. The van der Waals surface area contributed by atoms with E-state index in [1.807, 2.05) is 0 Å². The molecule has 1 aliphatic heterocycles. The number of nitrogens with zero attached hydrogens (tertiary/aromatic N) is 1. The zero-order valence-electron chi connectivity index (χ0n) is 24.1. The van der Waals surface area contributed by atoms with Crippen molar-refractivity contribution in [2.45, 2.75) is 60.6 Å². The summed E-state index contributed by atoms with van der Waals surface area (Å²) in [7, 11) is -3.23. The summed E-state index contributed by atoms with van der Waals surface area (Å²) in [5.41, 5.74) is -6.74. The van der Waals surface area contributed by atoms with Crippen LogP contribution in [0.5, 0.6) is 5.75 Å². The highest BCUT2D eigenvalue weighted by Gasteiger charge is 2.71. The van der Waals surface area contributed by atoms with Gasteiger partial charge in [-0.1, -0.05) is 30.3 Å². The molecule has 4 rings (SSSR count). The fourth-order valence-electron chi connectivity index (χ4n) is 5.38. The van der Waals surface area contributed by atoms with Crippen LogP contribution in [0, 0.1) is 5.82 Å². The molecule has 0 radical (unpaired) electrons. The number of rotatable bonds is 10. The molecule has 0 saturated carbocycles. The van der Waals surface area contributed by atoms with Crippen molar-refractivity contribution in [2.75, 3.05) is 18.0 Å². The van der Waals surface area contributed by atoms with E-state index in [1.54, 1.807) is 24.3 Å². The molecule has 2 atom stereocenters. The van der Waals surface area contributed by atoms with Gasteiger partial charge >= 0.3 is 12.4 Å². The van der Waals surface area contributed by atoms with Gasteiger partial charge in [-0.05, 0) is 66.8 Å². The van der Waals surface area contributed by atoms with Gasteiger partial charge in [0.25, 0.3) is 15.6 Å². The summed E-state index contributed by atoms with van der Waals surface area (Å²) in [6.07, 6.45) is -13.2. The summed E-state index contributed by atoms with van der Waals surface area (Å²) in [5, 5.41) is 22.4. The zero-order chi connectivity index (χ0) is 34.1. The first-order valence-electron chi connectivity index (χ1n) is 13.8. The van der Waals surface area contributed by atoms with Gasteiger partial charge in [-0.3, -0.25) is 9.10 Å². The first kappa shape index (κ1) is 35.0. The van der Waals surface area contributed by atoms with Crippen LogP contribution < -0.4 is 14.4 Å². The molecule has 46 heavy (non-hydrogen) atoms. The Morgan fingerprint density at radius 2 is 1.65 bits per heavy atom. The number of sulfonamides is 1. The Kier molecular flexibility index (Phi) is 9.94. The number of aliphatic hydroxyl groups excluding tert-OH is 1. The molecule has 16 heteroatoms. The predicted molar refractivity (Wildman–Crippen MR) is 151 cm³/mol. The van der Waals surface area contributed by atoms with Gasteiger partial charge in [0.05, 0.1) is 36.4 Å². The first-order chi connectivity index (χ1) is 21.4. The predicted octanol–water partition coefficient (Wildman–Crippen LogP) is 4.77. The quantitative estimate of drug-likeness (QED) is 0.267. The summed E-state index contributed by atoms with van der Waals surface area (Å²) in [4.78, 5) is 12.7. The molecule has 1 heterocycles.